The maximum Gasteiger partial charge on any atom is 0.269 e. The van der Waals surface area contributed by atoms with Gasteiger partial charge in [0, 0.05) is 31.8 Å². The minimum Gasteiger partial charge on any atom is -0.333 e. The molecule has 0 bridgehead atoms. The van der Waals surface area contributed by atoms with Crippen LogP contribution in [0.1, 0.15) is 17.2 Å². The minimum absolute atomic E-state index is 0.0349. The summed E-state index contributed by atoms with van der Waals surface area (Å²) in [5.41, 5.74) is 1.29. The smallest absolute Gasteiger partial charge is 0.269 e. The third kappa shape index (κ3) is 4.00. The first kappa shape index (κ1) is 17.0. The number of amides is 1. The van der Waals surface area contributed by atoms with E-state index >= 15 is 0 Å². The van der Waals surface area contributed by atoms with E-state index in [2.05, 4.69) is 5.32 Å². The molecule has 6 nitrogen and oxygen atoms in total. The van der Waals surface area contributed by atoms with Crippen molar-refractivity contribution in [3.63, 3.8) is 0 Å². The average Bonchev–Trinajstić information content (AvgIpc) is 2.62. The Balaban J connectivity index is 1.79. The molecule has 1 amide bonds. The predicted molar refractivity (Wildman–Crippen MR) is 90.5 cm³/mol. The van der Waals surface area contributed by atoms with E-state index in [4.69, 9.17) is 0 Å². The first-order valence-corrected chi connectivity index (χ1v) is 8.03. The van der Waals surface area contributed by atoms with E-state index in [9.17, 15) is 19.3 Å². The van der Waals surface area contributed by atoms with Crippen LogP contribution in [0, 0.1) is 15.9 Å². The number of benzene rings is 2. The Labute approximate surface area is 144 Å². The molecule has 1 fully saturated rings. The van der Waals surface area contributed by atoms with E-state index < -0.39 is 4.92 Å². The fraction of sp³-hybridized carbons (Fsp3) is 0.278. The van der Waals surface area contributed by atoms with Gasteiger partial charge in [0.2, 0.25) is 5.91 Å². The normalized spacial score (nSPS) is 17.3. The highest BCUT2D eigenvalue weighted by atomic mass is 19.1. The number of carbonyl (C=O) groups is 1. The summed E-state index contributed by atoms with van der Waals surface area (Å²) >= 11 is 0. The quantitative estimate of drug-likeness (QED) is 0.683. The minimum atomic E-state index is -0.478. The van der Waals surface area contributed by atoms with Crippen LogP contribution >= 0.6 is 0 Å². The van der Waals surface area contributed by atoms with Gasteiger partial charge in [0.1, 0.15) is 5.82 Å². The lowest BCUT2D eigenvalue weighted by Gasteiger charge is -2.36. The second-order valence-electron chi connectivity index (χ2n) is 5.97. The van der Waals surface area contributed by atoms with Gasteiger partial charge in [-0.05, 0) is 23.3 Å². The maximum absolute atomic E-state index is 13.5. The average molecular weight is 343 g/mol. The molecule has 25 heavy (non-hydrogen) atoms. The van der Waals surface area contributed by atoms with Crippen molar-refractivity contribution in [3.8, 4) is 0 Å². The molecule has 0 saturated carbocycles. The Kier molecular flexibility index (Phi) is 5.04. The third-order valence-corrected chi connectivity index (χ3v) is 4.27. The van der Waals surface area contributed by atoms with E-state index in [1.54, 1.807) is 29.2 Å². The molecule has 130 valence electrons. The van der Waals surface area contributed by atoms with Crippen LogP contribution in [-0.2, 0) is 11.2 Å². The number of piperazine rings is 1. The lowest BCUT2D eigenvalue weighted by molar-refractivity contribution is -0.384. The number of hydrogen-bond donors (Lipinski definition) is 1. The highest BCUT2D eigenvalue weighted by molar-refractivity contribution is 5.79. The summed E-state index contributed by atoms with van der Waals surface area (Å²) in [6, 6.07) is 12.1. The van der Waals surface area contributed by atoms with Gasteiger partial charge in [0.05, 0.1) is 17.4 Å². The number of nitrogens with zero attached hydrogens (tertiary/aromatic N) is 2. The standard InChI is InChI=1S/C18H18FN3O3/c19-15-5-2-4-14(11-15)17-12-20-7-8-21(17)18(23)10-13-3-1-6-16(9-13)22(24)25/h1-6,9,11,17,20H,7-8,10,12H2. The van der Waals surface area contributed by atoms with Crippen LogP contribution in [0.15, 0.2) is 48.5 Å². The van der Waals surface area contributed by atoms with Crippen molar-refractivity contribution >= 4 is 11.6 Å². The fourth-order valence-corrected chi connectivity index (χ4v) is 3.07. The number of nitro groups is 1. The second-order valence-corrected chi connectivity index (χ2v) is 5.97. The molecular weight excluding hydrogens is 325 g/mol. The molecule has 1 N–H and O–H groups in total. The molecule has 7 heteroatoms. The molecule has 0 aliphatic carbocycles. The summed E-state index contributed by atoms with van der Waals surface area (Å²) in [6.07, 6.45) is 0.0769. The van der Waals surface area contributed by atoms with Crippen molar-refractivity contribution in [1.82, 2.24) is 10.2 Å². The summed E-state index contributed by atoms with van der Waals surface area (Å²) < 4.78 is 13.5. The van der Waals surface area contributed by atoms with Crippen LogP contribution in [0.4, 0.5) is 10.1 Å². The molecule has 1 aliphatic rings. The number of hydrogen-bond acceptors (Lipinski definition) is 4. The SMILES string of the molecule is O=C(Cc1cccc([N+](=O)[O-])c1)N1CCNCC1c1cccc(F)c1. The van der Waals surface area contributed by atoms with Gasteiger partial charge in [-0.1, -0.05) is 24.3 Å². The molecule has 2 aromatic rings. The van der Waals surface area contributed by atoms with Gasteiger partial charge in [0.15, 0.2) is 0 Å². The maximum atomic E-state index is 13.5. The number of non-ortho nitro benzene ring substituents is 1. The van der Waals surface area contributed by atoms with Gasteiger partial charge in [-0.15, -0.1) is 0 Å². The number of nitrogens with one attached hydrogen (secondary N) is 1. The molecular formula is C18H18FN3O3. The van der Waals surface area contributed by atoms with Gasteiger partial charge in [-0.2, -0.15) is 0 Å². The zero-order valence-corrected chi connectivity index (χ0v) is 13.5. The number of rotatable bonds is 4. The number of halogens is 1. The molecule has 1 heterocycles. The Bertz CT molecular complexity index is 797. The molecule has 3 rings (SSSR count). The van der Waals surface area contributed by atoms with Crippen LogP contribution < -0.4 is 5.32 Å². The molecule has 1 atom stereocenters. The molecule has 1 unspecified atom stereocenters. The second kappa shape index (κ2) is 7.40. The van der Waals surface area contributed by atoms with Gasteiger partial charge in [0.25, 0.3) is 5.69 Å². The summed E-state index contributed by atoms with van der Waals surface area (Å²) in [4.78, 5) is 24.9. The molecule has 2 aromatic carbocycles. The van der Waals surface area contributed by atoms with Crippen molar-refractivity contribution < 1.29 is 14.1 Å². The van der Waals surface area contributed by atoms with Crippen molar-refractivity contribution in [2.45, 2.75) is 12.5 Å². The van der Waals surface area contributed by atoms with E-state index in [0.29, 0.717) is 25.2 Å². The Morgan fingerprint density at radius 1 is 1.28 bits per heavy atom. The zero-order chi connectivity index (χ0) is 17.8. The molecule has 1 saturated heterocycles. The van der Waals surface area contributed by atoms with Gasteiger partial charge in [-0.25, -0.2) is 4.39 Å². The van der Waals surface area contributed by atoms with Crippen LogP contribution in [0.25, 0.3) is 0 Å². The highest BCUT2D eigenvalue weighted by Crippen LogP contribution is 2.24. The molecule has 0 radical (unpaired) electrons. The third-order valence-electron chi connectivity index (χ3n) is 4.27. The number of carbonyl (C=O) groups excluding carboxylic acids is 1. The predicted octanol–water partition coefficient (Wildman–Crippen LogP) is 2.45. The first-order valence-electron chi connectivity index (χ1n) is 8.03. The monoisotopic (exact) mass is 343 g/mol. The summed E-state index contributed by atoms with van der Waals surface area (Å²) in [6.45, 7) is 1.71. The molecule has 0 spiro atoms. The van der Waals surface area contributed by atoms with Crippen LogP contribution in [0.3, 0.4) is 0 Å². The summed E-state index contributed by atoms with van der Waals surface area (Å²) in [5, 5.41) is 14.1. The largest absolute Gasteiger partial charge is 0.333 e. The van der Waals surface area contributed by atoms with Crippen LogP contribution in [0.2, 0.25) is 0 Å². The molecule has 1 aliphatic heterocycles. The van der Waals surface area contributed by atoms with Crippen LogP contribution in [0.5, 0.6) is 0 Å². The van der Waals surface area contributed by atoms with Crippen molar-refractivity contribution in [3.05, 3.63) is 75.6 Å². The topological polar surface area (TPSA) is 75.5 Å². The first-order chi connectivity index (χ1) is 12.0. The Morgan fingerprint density at radius 2 is 2.08 bits per heavy atom. The van der Waals surface area contributed by atoms with E-state index in [1.165, 1.54) is 24.3 Å². The lowest BCUT2D eigenvalue weighted by Crippen LogP contribution is -2.49. The van der Waals surface area contributed by atoms with E-state index in [-0.39, 0.29) is 29.9 Å². The summed E-state index contributed by atoms with van der Waals surface area (Å²) in [5.74, 6) is -0.467. The van der Waals surface area contributed by atoms with Crippen molar-refractivity contribution in [2.24, 2.45) is 0 Å². The van der Waals surface area contributed by atoms with Crippen LogP contribution in [-0.4, -0.2) is 35.4 Å². The van der Waals surface area contributed by atoms with Gasteiger partial charge >= 0.3 is 0 Å². The summed E-state index contributed by atoms with van der Waals surface area (Å²) in [7, 11) is 0. The van der Waals surface area contributed by atoms with Crippen molar-refractivity contribution in [2.75, 3.05) is 19.6 Å². The Morgan fingerprint density at radius 3 is 2.84 bits per heavy atom. The van der Waals surface area contributed by atoms with Gasteiger partial charge in [-0.3, -0.25) is 14.9 Å². The lowest BCUT2D eigenvalue weighted by atomic mass is 10.0. The molecule has 0 aromatic heterocycles. The fourth-order valence-electron chi connectivity index (χ4n) is 3.07. The number of nitro benzene ring substituents is 1. The van der Waals surface area contributed by atoms with Crippen molar-refractivity contribution in [1.29, 1.82) is 0 Å². The Hall–Kier alpha value is -2.80. The van der Waals surface area contributed by atoms with E-state index in [0.717, 1.165) is 5.56 Å². The zero-order valence-electron chi connectivity index (χ0n) is 13.5. The highest BCUT2D eigenvalue weighted by Gasteiger charge is 2.28. The van der Waals surface area contributed by atoms with E-state index in [1.807, 2.05) is 0 Å². The van der Waals surface area contributed by atoms with Gasteiger partial charge < -0.3 is 10.2 Å².